The second kappa shape index (κ2) is 4.65. The third-order valence-electron chi connectivity index (χ3n) is 1.70. The largest absolute Gasteiger partial charge is 0.299 e. The van der Waals surface area contributed by atoms with E-state index in [1.807, 2.05) is 0 Å². The van der Waals surface area contributed by atoms with Gasteiger partial charge >= 0.3 is 0 Å². The average molecular weight is 196 g/mol. The second-order valence-corrected chi connectivity index (χ2v) is 2.99. The molecule has 0 N–H and O–H groups in total. The van der Waals surface area contributed by atoms with E-state index in [-0.39, 0.29) is 18.6 Å². The first-order valence-electron chi connectivity index (χ1n) is 4.19. The summed E-state index contributed by atoms with van der Waals surface area (Å²) in [4.78, 5) is 11.1. The van der Waals surface area contributed by atoms with Gasteiger partial charge in [0.2, 0.25) is 0 Å². The molecule has 3 heteroatoms. The molecule has 0 aromatic heterocycles. The maximum absolute atomic E-state index is 12.7. The first-order chi connectivity index (χ1) is 6.61. The van der Waals surface area contributed by atoms with Crippen LogP contribution in [0.3, 0.4) is 0 Å². The normalized spacial score (nSPS) is 9.86. The van der Waals surface area contributed by atoms with E-state index in [0.29, 0.717) is 5.56 Å². The van der Waals surface area contributed by atoms with Crippen molar-refractivity contribution in [3.05, 3.63) is 48.1 Å². The Balaban J connectivity index is 2.76. The van der Waals surface area contributed by atoms with Crippen LogP contribution in [0.25, 0.3) is 0 Å². The molecule has 1 nitrogen and oxygen atoms in total. The molecule has 0 atom stereocenters. The summed E-state index contributed by atoms with van der Waals surface area (Å²) in [6.45, 7) is 3.41. The summed E-state index contributed by atoms with van der Waals surface area (Å²) in [5.74, 6) is -1.43. The minimum absolute atomic E-state index is 0.0424. The molecule has 0 aliphatic carbocycles. The minimum Gasteiger partial charge on any atom is -0.299 e. The molecule has 1 rings (SSSR count). The molecule has 0 bridgehead atoms. The van der Waals surface area contributed by atoms with Crippen molar-refractivity contribution in [3.63, 3.8) is 0 Å². The van der Waals surface area contributed by atoms with Crippen LogP contribution < -0.4 is 0 Å². The third kappa shape index (κ3) is 3.09. The van der Waals surface area contributed by atoms with Gasteiger partial charge in [-0.3, -0.25) is 4.79 Å². The fourth-order valence-corrected chi connectivity index (χ4v) is 1.17. The van der Waals surface area contributed by atoms with Gasteiger partial charge in [0.15, 0.2) is 0 Å². The number of ketones is 1. The van der Waals surface area contributed by atoms with Crippen LogP contribution in [0, 0.1) is 11.6 Å². The zero-order valence-electron chi connectivity index (χ0n) is 7.59. The number of benzene rings is 1. The zero-order valence-corrected chi connectivity index (χ0v) is 7.59. The van der Waals surface area contributed by atoms with Gasteiger partial charge in [0, 0.05) is 18.9 Å². The van der Waals surface area contributed by atoms with E-state index >= 15 is 0 Å². The van der Waals surface area contributed by atoms with Crippen LogP contribution in [0.2, 0.25) is 0 Å². The molecule has 0 amide bonds. The van der Waals surface area contributed by atoms with E-state index in [0.717, 1.165) is 18.2 Å². The molecule has 14 heavy (non-hydrogen) atoms. The van der Waals surface area contributed by atoms with Crippen LogP contribution in [-0.2, 0) is 11.2 Å². The molecule has 1 aromatic carbocycles. The molecule has 74 valence electrons. The Morgan fingerprint density at radius 1 is 1.29 bits per heavy atom. The molecule has 0 heterocycles. The van der Waals surface area contributed by atoms with Gasteiger partial charge in [-0.15, -0.1) is 6.58 Å². The predicted molar refractivity (Wildman–Crippen MR) is 49.9 cm³/mol. The summed E-state index contributed by atoms with van der Waals surface area (Å²) in [5, 5.41) is 0. The number of hydrogen-bond acceptors (Lipinski definition) is 1. The fourth-order valence-electron chi connectivity index (χ4n) is 1.17. The average Bonchev–Trinajstić information content (AvgIpc) is 2.01. The lowest BCUT2D eigenvalue weighted by atomic mass is 10.1. The van der Waals surface area contributed by atoms with Crippen molar-refractivity contribution in [2.24, 2.45) is 0 Å². The summed E-state index contributed by atoms with van der Waals surface area (Å²) in [6, 6.07) is 3.09. The van der Waals surface area contributed by atoms with E-state index in [1.54, 1.807) is 0 Å². The van der Waals surface area contributed by atoms with Crippen LogP contribution in [-0.4, -0.2) is 5.78 Å². The Kier molecular flexibility index (Phi) is 3.51. The van der Waals surface area contributed by atoms with E-state index < -0.39 is 11.6 Å². The Bertz CT molecular complexity index is 338. The summed E-state index contributed by atoms with van der Waals surface area (Å²) >= 11 is 0. The molecule has 0 aliphatic rings. The van der Waals surface area contributed by atoms with Gasteiger partial charge in [-0.1, -0.05) is 6.08 Å². The number of carbonyl (C=O) groups excluding carboxylic acids is 1. The smallest absolute Gasteiger partial charge is 0.140 e. The highest BCUT2D eigenvalue weighted by Crippen LogP contribution is 2.09. The van der Waals surface area contributed by atoms with Crippen molar-refractivity contribution in [1.29, 1.82) is 0 Å². The predicted octanol–water partition coefficient (Wildman–Crippen LogP) is 2.65. The second-order valence-electron chi connectivity index (χ2n) is 2.99. The molecule has 0 saturated carbocycles. The molecule has 1 aromatic rings. The van der Waals surface area contributed by atoms with Crippen molar-refractivity contribution >= 4 is 5.78 Å². The monoisotopic (exact) mass is 196 g/mol. The number of halogens is 2. The number of hydrogen-bond donors (Lipinski definition) is 0. The third-order valence-corrected chi connectivity index (χ3v) is 1.70. The highest BCUT2D eigenvalue weighted by Gasteiger charge is 2.04. The van der Waals surface area contributed by atoms with Crippen molar-refractivity contribution in [3.8, 4) is 0 Å². The highest BCUT2D eigenvalue weighted by molar-refractivity contribution is 5.82. The standard InChI is InChI=1S/C11H10F2O/c1-2-3-11(14)6-8-4-9(12)7-10(13)5-8/h2,4-5,7H,1,3,6H2. The van der Waals surface area contributed by atoms with Crippen LogP contribution >= 0.6 is 0 Å². The quantitative estimate of drug-likeness (QED) is 0.676. The van der Waals surface area contributed by atoms with Gasteiger partial charge in [-0.2, -0.15) is 0 Å². The number of Topliss-reactive ketones (excluding diaryl/α,β-unsaturated/α-hetero) is 1. The lowest BCUT2D eigenvalue weighted by molar-refractivity contribution is -0.117. The molecule has 0 unspecified atom stereocenters. The Hall–Kier alpha value is -1.51. The number of allylic oxidation sites excluding steroid dienone is 1. The zero-order chi connectivity index (χ0) is 10.6. The fraction of sp³-hybridized carbons (Fsp3) is 0.182. The van der Waals surface area contributed by atoms with Crippen molar-refractivity contribution < 1.29 is 13.6 Å². The lowest BCUT2D eigenvalue weighted by Crippen LogP contribution is -2.01. The Morgan fingerprint density at radius 3 is 2.36 bits per heavy atom. The van der Waals surface area contributed by atoms with Gasteiger partial charge in [0.05, 0.1) is 0 Å². The van der Waals surface area contributed by atoms with E-state index in [4.69, 9.17) is 0 Å². The molecular weight excluding hydrogens is 186 g/mol. The molecule has 0 radical (unpaired) electrons. The van der Waals surface area contributed by atoms with Crippen molar-refractivity contribution in [2.45, 2.75) is 12.8 Å². The topological polar surface area (TPSA) is 17.1 Å². The number of carbonyl (C=O) groups is 1. The molecule has 0 aliphatic heterocycles. The summed E-state index contributed by atoms with van der Waals surface area (Å²) in [5.41, 5.74) is 0.356. The number of rotatable bonds is 4. The molecule has 0 saturated heterocycles. The first-order valence-corrected chi connectivity index (χ1v) is 4.19. The van der Waals surface area contributed by atoms with Gasteiger partial charge < -0.3 is 0 Å². The van der Waals surface area contributed by atoms with Crippen LogP contribution in [0.1, 0.15) is 12.0 Å². The van der Waals surface area contributed by atoms with Crippen LogP contribution in [0.5, 0.6) is 0 Å². The van der Waals surface area contributed by atoms with Gasteiger partial charge in [0.1, 0.15) is 17.4 Å². The van der Waals surface area contributed by atoms with Crippen molar-refractivity contribution in [1.82, 2.24) is 0 Å². The summed E-state index contributed by atoms with van der Waals surface area (Å²) in [6.07, 6.45) is 1.73. The van der Waals surface area contributed by atoms with E-state index in [2.05, 4.69) is 6.58 Å². The molecule has 0 spiro atoms. The lowest BCUT2D eigenvalue weighted by Gasteiger charge is -1.99. The minimum atomic E-state index is -0.661. The first kappa shape index (κ1) is 10.6. The molecular formula is C11H10F2O. The Morgan fingerprint density at radius 2 is 1.86 bits per heavy atom. The van der Waals surface area contributed by atoms with Gasteiger partial charge in [-0.05, 0) is 17.7 Å². The summed E-state index contributed by atoms with van der Waals surface area (Å²) in [7, 11) is 0. The van der Waals surface area contributed by atoms with E-state index in [9.17, 15) is 13.6 Å². The van der Waals surface area contributed by atoms with E-state index in [1.165, 1.54) is 6.08 Å². The van der Waals surface area contributed by atoms with Crippen molar-refractivity contribution in [2.75, 3.05) is 0 Å². The highest BCUT2D eigenvalue weighted by atomic mass is 19.1. The Labute approximate surface area is 81.1 Å². The SMILES string of the molecule is C=CCC(=O)Cc1cc(F)cc(F)c1. The maximum Gasteiger partial charge on any atom is 0.140 e. The van der Waals surface area contributed by atoms with Crippen LogP contribution in [0.4, 0.5) is 8.78 Å². The maximum atomic E-state index is 12.7. The van der Waals surface area contributed by atoms with Gasteiger partial charge in [-0.25, -0.2) is 8.78 Å². The molecule has 0 fully saturated rings. The van der Waals surface area contributed by atoms with Crippen LogP contribution in [0.15, 0.2) is 30.9 Å². The summed E-state index contributed by atoms with van der Waals surface area (Å²) < 4.78 is 25.4. The van der Waals surface area contributed by atoms with Gasteiger partial charge in [0.25, 0.3) is 0 Å².